The van der Waals surface area contributed by atoms with Crippen LogP contribution in [0.1, 0.15) is 23.1 Å². The number of ether oxygens (including phenoxy) is 1. The second-order valence-electron chi connectivity index (χ2n) is 10.6. The number of nitrogens with zero attached hydrogens (tertiary/aromatic N) is 6. The summed E-state index contributed by atoms with van der Waals surface area (Å²) in [6, 6.07) is 16.6. The normalized spacial score (nSPS) is 15.8. The SMILES string of the molecule is C=CC(=O)N1CC2(CCN(c3cnc(OCc4ccccc4)c(-c4c(C)ccc5cnn(C)c45)c3C#N)C2)C1. The first kappa shape index (κ1) is 24.7. The lowest BCUT2D eigenvalue weighted by Gasteiger charge is -2.47. The Morgan fingerprint density at radius 2 is 1.95 bits per heavy atom. The van der Waals surface area contributed by atoms with E-state index in [1.807, 2.05) is 66.1 Å². The molecule has 1 amide bonds. The Bertz CT molecular complexity index is 1630. The summed E-state index contributed by atoms with van der Waals surface area (Å²) < 4.78 is 8.16. The average Bonchev–Trinajstić information content (AvgIpc) is 3.55. The molecule has 0 bridgehead atoms. The largest absolute Gasteiger partial charge is 0.472 e. The molecule has 0 atom stereocenters. The number of aryl methyl sites for hydroxylation is 2. The molecule has 2 aromatic heterocycles. The Morgan fingerprint density at radius 3 is 2.69 bits per heavy atom. The fourth-order valence-corrected chi connectivity index (χ4v) is 6.03. The van der Waals surface area contributed by atoms with Crippen LogP contribution in [0.4, 0.5) is 5.69 Å². The molecule has 6 rings (SSSR count). The summed E-state index contributed by atoms with van der Waals surface area (Å²) in [5, 5.41) is 16.1. The molecule has 8 heteroatoms. The lowest BCUT2D eigenvalue weighted by atomic mass is 9.79. The molecule has 2 aliphatic heterocycles. The highest BCUT2D eigenvalue weighted by atomic mass is 16.5. The summed E-state index contributed by atoms with van der Waals surface area (Å²) in [4.78, 5) is 20.9. The maximum Gasteiger partial charge on any atom is 0.245 e. The number of carbonyl (C=O) groups excluding carboxylic acids is 1. The molecule has 39 heavy (non-hydrogen) atoms. The van der Waals surface area contributed by atoms with Crippen LogP contribution in [0.15, 0.2) is 67.5 Å². The van der Waals surface area contributed by atoms with Crippen molar-refractivity contribution >= 4 is 22.5 Å². The first-order valence-electron chi connectivity index (χ1n) is 13.1. The lowest BCUT2D eigenvalue weighted by molar-refractivity contribution is -0.136. The van der Waals surface area contributed by atoms with E-state index < -0.39 is 0 Å². The Balaban J connectivity index is 1.44. The Morgan fingerprint density at radius 1 is 1.15 bits per heavy atom. The van der Waals surface area contributed by atoms with Gasteiger partial charge in [-0.05, 0) is 30.5 Å². The van der Waals surface area contributed by atoms with Crippen LogP contribution in [-0.4, -0.2) is 51.8 Å². The molecule has 2 saturated heterocycles. The summed E-state index contributed by atoms with van der Waals surface area (Å²) in [5.74, 6) is 0.400. The summed E-state index contributed by atoms with van der Waals surface area (Å²) in [6.45, 7) is 8.98. The fourth-order valence-electron chi connectivity index (χ4n) is 6.03. The average molecular weight is 519 g/mol. The van der Waals surface area contributed by atoms with E-state index in [9.17, 15) is 10.1 Å². The number of pyridine rings is 1. The van der Waals surface area contributed by atoms with Crippen molar-refractivity contribution in [1.82, 2.24) is 19.7 Å². The third kappa shape index (κ3) is 4.20. The van der Waals surface area contributed by atoms with Gasteiger partial charge in [0.2, 0.25) is 11.8 Å². The Kier molecular flexibility index (Phi) is 6.07. The van der Waals surface area contributed by atoms with E-state index in [0.29, 0.717) is 36.7 Å². The van der Waals surface area contributed by atoms with Gasteiger partial charge in [-0.2, -0.15) is 10.4 Å². The molecule has 2 aliphatic rings. The zero-order valence-electron chi connectivity index (χ0n) is 22.2. The smallest absolute Gasteiger partial charge is 0.245 e. The maximum absolute atomic E-state index is 12.1. The van der Waals surface area contributed by atoms with Crippen molar-refractivity contribution in [1.29, 1.82) is 5.26 Å². The summed E-state index contributed by atoms with van der Waals surface area (Å²) >= 11 is 0. The molecule has 0 unspecified atom stereocenters. The molecule has 2 fully saturated rings. The zero-order chi connectivity index (χ0) is 27.1. The number of hydrogen-bond donors (Lipinski definition) is 0. The third-order valence-electron chi connectivity index (χ3n) is 8.03. The number of nitriles is 1. The van der Waals surface area contributed by atoms with E-state index in [2.05, 4.69) is 28.7 Å². The van der Waals surface area contributed by atoms with Crippen molar-refractivity contribution in [3.8, 4) is 23.1 Å². The van der Waals surface area contributed by atoms with Crippen molar-refractivity contribution in [2.45, 2.75) is 20.0 Å². The summed E-state index contributed by atoms with van der Waals surface area (Å²) in [7, 11) is 1.91. The van der Waals surface area contributed by atoms with E-state index in [-0.39, 0.29) is 11.3 Å². The van der Waals surface area contributed by atoms with E-state index in [1.54, 1.807) is 6.20 Å². The topological polar surface area (TPSA) is 87.3 Å². The van der Waals surface area contributed by atoms with E-state index in [1.165, 1.54) is 6.08 Å². The lowest BCUT2D eigenvalue weighted by Crippen LogP contribution is -2.59. The number of rotatable bonds is 6. The highest BCUT2D eigenvalue weighted by Gasteiger charge is 2.49. The zero-order valence-corrected chi connectivity index (χ0v) is 22.2. The summed E-state index contributed by atoms with van der Waals surface area (Å²) in [6.07, 6.45) is 5.94. The van der Waals surface area contributed by atoms with Gasteiger partial charge < -0.3 is 14.5 Å². The van der Waals surface area contributed by atoms with Gasteiger partial charge in [0.05, 0.1) is 34.7 Å². The number of carbonyl (C=O) groups is 1. The van der Waals surface area contributed by atoms with Crippen molar-refractivity contribution < 1.29 is 9.53 Å². The first-order valence-corrected chi connectivity index (χ1v) is 13.1. The van der Waals surface area contributed by atoms with Crippen molar-refractivity contribution in [2.75, 3.05) is 31.1 Å². The Hall–Kier alpha value is -4.64. The minimum absolute atomic E-state index is 0.0274. The van der Waals surface area contributed by atoms with Gasteiger partial charge in [-0.3, -0.25) is 9.48 Å². The van der Waals surface area contributed by atoms with E-state index in [4.69, 9.17) is 9.72 Å². The molecule has 0 aliphatic carbocycles. The monoisotopic (exact) mass is 518 g/mol. The molecule has 8 nitrogen and oxygen atoms in total. The molecular weight excluding hydrogens is 488 g/mol. The van der Waals surface area contributed by atoms with Gasteiger partial charge in [-0.25, -0.2) is 4.98 Å². The molecule has 196 valence electrons. The molecular formula is C31H30N6O2. The summed E-state index contributed by atoms with van der Waals surface area (Å²) in [5.41, 5.74) is 5.94. The van der Waals surface area contributed by atoms with Gasteiger partial charge >= 0.3 is 0 Å². The van der Waals surface area contributed by atoms with Crippen LogP contribution in [0.2, 0.25) is 0 Å². The fraction of sp³-hybridized carbons (Fsp3) is 0.290. The van der Waals surface area contributed by atoms with Crippen molar-refractivity contribution in [3.05, 3.63) is 84.2 Å². The quantitative estimate of drug-likeness (QED) is 0.346. The van der Waals surface area contributed by atoms with Gasteiger partial charge in [0.15, 0.2) is 0 Å². The number of likely N-dealkylation sites (tertiary alicyclic amines) is 1. The van der Waals surface area contributed by atoms with Crippen molar-refractivity contribution in [3.63, 3.8) is 0 Å². The molecule has 0 N–H and O–H groups in total. The third-order valence-corrected chi connectivity index (χ3v) is 8.03. The number of hydrogen-bond acceptors (Lipinski definition) is 6. The molecule has 1 spiro atoms. The molecule has 0 saturated carbocycles. The predicted octanol–water partition coefficient (Wildman–Crippen LogP) is 4.62. The van der Waals surface area contributed by atoms with Crippen molar-refractivity contribution in [2.24, 2.45) is 12.5 Å². The minimum atomic E-state index is -0.0274. The number of aromatic nitrogens is 3. The number of benzene rings is 2. The van der Waals surface area contributed by atoms with Crippen LogP contribution in [0.3, 0.4) is 0 Å². The molecule has 0 radical (unpaired) electrons. The minimum Gasteiger partial charge on any atom is -0.472 e. The first-order chi connectivity index (χ1) is 18.9. The molecule has 2 aromatic carbocycles. The van der Waals surface area contributed by atoms with Crippen LogP contribution in [-0.2, 0) is 18.4 Å². The van der Waals surface area contributed by atoms with Gasteiger partial charge in [-0.1, -0.05) is 49.0 Å². The van der Waals surface area contributed by atoms with Crippen LogP contribution in [0.25, 0.3) is 22.0 Å². The van der Waals surface area contributed by atoms with Gasteiger partial charge in [0, 0.05) is 49.6 Å². The van der Waals surface area contributed by atoms with Crippen LogP contribution >= 0.6 is 0 Å². The maximum atomic E-state index is 12.1. The number of amides is 1. The Labute approximate surface area is 227 Å². The second kappa shape index (κ2) is 9.59. The van der Waals surface area contributed by atoms with Gasteiger partial charge in [0.1, 0.15) is 12.7 Å². The van der Waals surface area contributed by atoms with Crippen LogP contribution in [0.5, 0.6) is 5.88 Å². The highest BCUT2D eigenvalue weighted by molar-refractivity contribution is 5.99. The van der Waals surface area contributed by atoms with Gasteiger partial charge in [-0.15, -0.1) is 0 Å². The van der Waals surface area contributed by atoms with E-state index >= 15 is 0 Å². The molecule has 4 aromatic rings. The number of fused-ring (bicyclic) bond motifs is 1. The standard InChI is InChI=1S/C31H30N6O2/c1-4-26(38)37-19-31(20-37)12-13-36(18-31)25-16-33-30(39-17-22-8-6-5-7-9-22)28(24(25)14-32)27-21(2)10-11-23-15-34-35(3)29(23)27/h4-11,15-16H,1,12-13,17-20H2,2-3H3. The number of anilines is 1. The van der Waals surface area contributed by atoms with E-state index in [0.717, 1.165) is 52.8 Å². The second-order valence-corrected chi connectivity index (χ2v) is 10.6. The highest BCUT2D eigenvalue weighted by Crippen LogP contribution is 2.46. The predicted molar refractivity (Wildman–Crippen MR) is 150 cm³/mol. The van der Waals surface area contributed by atoms with Gasteiger partial charge in [0.25, 0.3) is 0 Å². The molecule has 4 heterocycles. The van der Waals surface area contributed by atoms with Crippen LogP contribution < -0.4 is 9.64 Å². The van der Waals surface area contributed by atoms with Crippen LogP contribution in [0, 0.1) is 23.7 Å².